The molecular weight excluding hydrogens is 308 g/mol. The Morgan fingerprint density at radius 1 is 0.833 bits per heavy atom. The highest BCUT2D eigenvalue weighted by Crippen LogP contribution is 2.20. The quantitative estimate of drug-likeness (QED) is 0.352. The molecule has 2 aromatic rings. The van der Waals surface area contributed by atoms with Crippen molar-refractivity contribution in [3.05, 3.63) is 73.0 Å². The van der Waals surface area contributed by atoms with Gasteiger partial charge in [0, 0.05) is 0 Å². The third-order valence-electron chi connectivity index (χ3n) is 3.01. The van der Waals surface area contributed by atoms with Crippen molar-refractivity contribution in [1.82, 2.24) is 0 Å². The Hall–Kier alpha value is -3.08. The fourth-order valence-corrected chi connectivity index (χ4v) is 1.76. The summed E-state index contributed by atoms with van der Waals surface area (Å²) in [6, 6.07) is 17.1. The van der Waals surface area contributed by atoms with E-state index < -0.39 is 17.5 Å². The SMILES string of the molecule is C=C(OC(C)(C)C(=O)Oc1ccccc1)C(=O)Oc1ccccc1. The summed E-state index contributed by atoms with van der Waals surface area (Å²) < 4.78 is 15.7. The minimum Gasteiger partial charge on any atom is -0.469 e. The van der Waals surface area contributed by atoms with Crippen LogP contribution in [-0.2, 0) is 14.3 Å². The zero-order chi connectivity index (χ0) is 17.6. The molecule has 0 radical (unpaired) electrons. The van der Waals surface area contributed by atoms with Crippen LogP contribution in [0, 0.1) is 0 Å². The van der Waals surface area contributed by atoms with E-state index in [9.17, 15) is 9.59 Å². The normalized spacial score (nSPS) is 10.6. The van der Waals surface area contributed by atoms with Gasteiger partial charge in [0.2, 0.25) is 5.60 Å². The van der Waals surface area contributed by atoms with Crippen LogP contribution >= 0.6 is 0 Å². The lowest BCUT2D eigenvalue weighted by molar-refractivity contribution is -0.156. The number of benzene rings is 2. The summed E-state index contributed by atoms with van der Waals surface area (Å²) in [5, 5.41) is 0. The highest BCUT2D eigenvalue weighted by molar-refractivity contribution is 5.89. The molecule has 0 heterocycles. The van der Waals surface area contributed by atoms with Gasteiger partial charge in [0.05, 0.1) is 0 Å². The Kier molecular flexibility index (Phi) is 5.37. The monoisotopic (exact) mass is 326 g/mol. The molecule has 0 saturated carbocycles. The molecule has 0 N–H and O–H groups in total. The van der Waals surface area contributed by atoms with Gasteiger partial charge in [0.25, 0.3) is 0 Å². The second kappa shape index (κ2) is 7.46. The molecule has 0 bridgehead atoms. The predicted octanol–water partition coefficient (Wildman–Crippen LogP) is 3.51. The molecule has 0 aliphatic rings. The maximum atomic E-state index is 12.2. The van der Waals surface area contributed by atoms with E-state index in [0.29, 0.717) is 11.5 Å². The topological polar surface area (TPSA) is 61.8 Å². The molecule has 0 unspecified atom stereocenters. The van der Waals surface area contributed by atoms with Crippen LogP contribution in [0.3, 0.4) is 0 Å². The van der Waals surface area contributed by atoms with E-state index in [1.165, 1.54) is 13.8 Å². The number of hydrogen-bond donors (Lipinski definition) is 0. The van der Waals surface area contributed by atoms with Crippen molar-refractivity contribution in [2.75, 3.05) is 0 Å². The van der Waals surface area contributed by atoms with Crippen molar-refractivity contribution in [3.63, 3.8) is 0 Å². The number of ether oxygens (including phenoxy) is 3. The molecule has 5 heteroatoms. The van der Waals surface area contributed by atoms with Crippen molar-refractivity contribution >= 4 is 11.9 Å². The van der Waals surface area contributed by atoms with E-state index in [1.807, 2.05) is 0 Å². The van der Waals surface area contributed by atoms with Gasteiger partial charge in [-0.3, -0.25) is 0 Å². The molecule has 0 fully saturated rings. The third-order valence-corrected chi connectivity index (χ3v) is 3.01. The van der Waals surface area contributed by atoms with Gasteiger partial charge < -0.3 is 14.2 Å². The molecular formula is C19H18O5. The standard InChI is InChI=1S/C19H18O5/c1-14(17(20)22-15-10-6-4-7-11-15)24-19(2,3)18(21)23-16-12-8-5-9-13-16/h4-13H,1H2,2-3H3. The first kappa shape index (κ1) is 17.3. The minimum absolute atomic E-state index is 0.283. The second-order valence-electron chi connectivity index (χ2n) is 5.44. The number of carbonyl (C=O) groups excluding carboxylic acids is 2. The van der Waals surface area contributed by atoms with E-state index in [1.54, 1.807) is 60.7 Å². The average Bonchev–Trinajstić information content (AvgIpc) is 2.56. The van der Waals surface area contributed by atoms with Crippen molar-refractivity contribution in [3.8, 4) is 11.5 Å². The summed E-state index contributed by atoms with van der Waals surface area (Å²) in [5.41, 5.74) is -1.40. The summed E-state index contributed by atoms with van der Waals surface area (Å²) in [6.07, 6.45) is 0. The molecule has 0 amide bonds. The van der Waals surface area contributed by atoms with Crippen LogP contribution in [0.15, 0.2) is 73.0 Å². The molecule has 0 aliphatic heterocycles. The molecule has 24 heavy (non-hydrogen) atoms. The Balaban J connectivity index is 1.95. The second-order valence-corrected chi connectivity index (χ2v) is 5.44. The summed E-state index contributed by atoms with van der Waals surface area (Å²) in [6.45, 7) is 6.49. The minimum atomic E-state index is -1.40. The zero-order valence-corrected chi connectivity index (χ0v) is 13.5. The van der Waals surface area contributed by atoms with Gasteiger partial charge in [0.1, 0.15) is 11.5 Å². The lowest BCUT2D eigenvalue weighted by Crippen LogP contribution is -2.39. The first-order chi connectivity index (χ1) is 11.4. The Morgan fingerprint density at radius 2 is 1.29 bits per heavy atom. The van der Waals surface area contributed by atoms with Crippen LogP contribution < -0.4 is 9.47 Å². The lowest BCUT2D eigenvalue weighted by Gasteiger charge is -2.24. The van der Waals surface area contributed by atoms with E-state index in [0.717, 1.165) is 0 Å². The molecule has 0 spiro atoms. The summed E-state index contributed by atoms with van der Waals surface area (Å²) in [4.78, 5) is 24.2. The lowest BCUT2D eigenvalue weighted by atomic mass is 10.1. The van der Waals surface area contributed by atoms with Gasteiger partial charge in [-0.2, -0.15) is 0 Å². The number of para-hydroxylation sites is 2. The van der Waals surface area contributed by atoms with Crippen molar-refractivity contribution in [2.45, 2.75) is 19.4 Å². The number of rotatable bonds is 6. The summed E-state index contributed by atoms with van der Waals surface area (Å²) in [5.74, 6) is -0.966. The predicted molar refractivity (Wildman–Crippen MR) is 88.5 cm³/mol. The van der Waals surface area contributed by atoms with Gasteiger partial charge in [-0.25, -0.2) is 9.59 Å². The van der Waals surface area contributed by atoms with Crippen LogP contribution in [0.2, 0.25) is 0 Å². The van der Waals surface area contributed by atoms with Gasteiger partial charge in [-0.1, -0.05) is 36.4 Å². The Morgan fingerprint density at radius 3 is 1.79 bits per heavy atom. The van der Waals surface area contributed by atoms with Crippen LogP contribution in [0.5, 0.6) is 11.5 Å². The molecule has 124 valence electrons. The van der Waals surface area contributed by atoms with Crippen LogP contribution in [-0.4, -0.2) is 17.5 Å². The Labute approximate surface area is 140 Å². The average molecular weight is 326 g/mol. The van der Waals surface area contributed by atoms with Crippen molar-refractivity contribution in [1.29, 1.82) is 0 Å². The highest BCUT2D eigenvalue weighted by atomic mass is 16.6. The van der Waals surface area contributed by atoms with E-state index in [4.69, 9.17) is 14.2 Å². The maximum absolute atomic E-state index is 12.2. The van der Waals surface area contributed by atoms with Crippen LogP contribution in [0.1, 0.15) is 13.8 Å². The van der Waals surface area contributed by atoms with Gasteiger partial charge >= 0.3 is 11.9 Å². The number of hydrogen-bond acceptors (Lipinski definition) is 5. The fourth-order valence-electron chi connectivity index (χ4n) is 1.76. The third kappa shape index (κ3) is 4.71. The van der Waals surface area contributed by atoms with Crippen LogP contribution in [0.25, 0.3) is 0 Å². The van der Waals surface area contributed by atoms with Gasteiger partial charge in [-0.05, 0) is 44.7 Å². The summed E-state index contributed by atoms with van der Waals surface area (Å²) >= 11 is 0. The number of esters is 2. The Bertz CT molecular complexity index is 720. The van der Waals surface area contributed by atoms with E-state index >= 15 is 0 Å². The molecule has 0 aromatic heterocycles. The fraction of sp³-hybridized carbons (Fsp3) is 0.158. The largest absolute Gasteiger partial charge is 0.469 e. The first-order valence-corrected chi connectivity index (χ1v) is 7.31. The smallest absolute Gasteiger partial charge is 0.378 e. The maximum Gasteiger partial charge on any atom is 0.378 e. The van der Waals surface area contributed by atoms with Crippen molar-refractivity contribution in [2.24, 2.45) is 0 Å². The molecule has 0 atom stereocenters. The summed E-state index contributed by atoms with van der Waals surface area (Å²) in [7, 11) is 0. The van der Waals surface area contributed by atoms with E-state index in [2.05, 4.69) is 6.58 Å². The highest BCUT2D eigenvalue weighted by Gasteiger charge is 2.34. The van der Waals surface area contributed by atoms with Crippen molar-refractivity contribution < 1.29 is 23.8 Å². The molecule has 2 rings (SSSR count). The van der Waals surface area contributed by atoms with Crippen LogP contribution in [0.4, 0.5) is 0 Å². The van der Waals surface area contributed by atoms with Gasteiger partial charge in [0.15, 0.2) is 5.76 Å². The molecule has 5 nitrogen and oxygen atoms in total. The molecule has 0 saturated heterocycles. The first-order valence-electron chi connectivity index (χ1n) is 7.31. The molecule has 2 aromatic carbocycles. The zero-order valence-electron chi connectivity index (χ0n) is 13.5. The molecule has 0 aliphatic carbocycles. The number of carbonyl (C=O) groups is 2. The van der Waals surface area contributed by atoms with E-state index in [-0.39, 0.29) is 5.76 Å². The van der Waals surface area contributed by atoms with Gasteiger partial charge in [-0.15, -0.1) is 0 Å².